The molecule has 1 amide bonds. The van der Waals surface area contributed by atoms with Gasteiger partial charge in [-0.25, -0.2) is 4.98 Å². The van der Waals surface area contributed by atoms with Crippen molar-refractivity contribution in [2.24, 2.45) is 0 Å². The number of thioether (sulfide) groups is 1. The molecule has 0 bridgehead atoms. The molecule has 0 saturated heterocycles. The minimum Gasteiger partial charge on any atom is -0.453 e. The molecular weight excluding hydrogens is 454 g/mol. The van der Waals surface area contributed by atoms with E-state index >= 15 is 0 Å². The molecule has 0 aliphatic heterocycles. The third-order valence-electron chi connectivity index (χ3n) is 4.60. The Morgan fingerprint density at radius 1 is 1.23 bits per heavy atom. The van der Waals surface area contributed by atoms with Crippen molar-refractivity contribution in [1.29, 1.82) is 0 Å². The average molecular weight is 470 g/mol. The molecule has 0 spiro atoms. The number of halogens is 1. The number of anilines is 1. The third kappa shape index (κ3) is 4.04. The van der Waals surface area contributed by atoms with Crippen molar-refractivity contribution in [2.75, 3.05) is 11.1 Å². The Morgan fingerprint density at radius 3 is 2.94 bits per heavy atom. The van der Waals surface area contributed by atoms with Crippen LogP contribution in [0.3, 0.4) is 0 Å². The van der Waals surface area contributed by atoms with Crippen molar-refractivity contribution in [3.63, 3.8) is 0 Å². The van der Waals surface area contributed by atoms with Gasteiger partial charge in [-0.3, -0.25) is 9.36 Å². The number of hydrogen-bond donors (Lipinski definition) is 1. The number of thiazole rings is 1. The molecule has 0 saturated carbocycles. The van der Waals surface area contributed by atoms with E-state index in [-0.39, 0.29) is 11.7 Å². The first-order valence-electron chi connectivity index (χ1n) is 9.51. The first-order chi connectivity index (χ1) is 15.1. The first kappa shape index (κ1) is 20.0. The molecule has 5 rings (SSSR count). The van der Waals surface area contributed by atoms with E-state index in [1.54, 1.807) is 6.07 Å². The number of aromatic nitrogens is 4. The lowest BCUT2D eigenvalue weighted by atomic mass is 10.2. The summed E-state index contributed by atoms with van der Waals surface area (Å²) in [7, 11) is 0. The molecular formula is C21H16ClN5O2S2. The van der Waals surface area contributed by atoms with Gasteiger partial charge in [-0.2, -0.15) is 0 Å². The maximum Gasteiger partial charge on any atom is 0.236 e. The van der Waals surface area contributed by atoms with Crippen LogP contribution in [-0.2, 0) is 11.3 Å². The van der Waals surface area contributed by atoms with Crippen LogP contribution in [0.1, 0.15) is 6.92 Å². The number of para-hydroxylation sites is 1. The minimum absolute atomic E-state index is 0.144. The number of carbonyl (C=O) groups is 1. The van der Waals surface area contributed by atoms with Gasteiger partial charge in [-0.05, 0) is 43.3 Å². The highest BCUT2D eigenvalue weighted by Gasteiger charge is 2.18. The van der Waals surface area contributed by atoms with Crippen LogP contribution in [0.25, 0.3) is 32.8 Å². The Hall–Kier alpha value is -2.88. The number of amides is 1. The predicted molar refractivity (Wildman–Crippen MR) is 125 cm³/mol. The summed E-state index contributed by atoms with van der Waals surface area (Å²) in [5, 5.41) is 14.2. The van der Waals surface area contributed by atoms with Crippen molar-refractivity contribution in [1.82, 2.24) is 19.7 Å². The Labute approximate surface area is 190 Å². The number of fused-ring (bicyclic) bond motifs is 2. The lowest BCUT2D eigenvalue weighted by Crippen LogP contribution is -2.14. The van der Waals surface area contributed by atoms with E-state index in [2.05, 4.69) is 20.5 Å². The Bertz CT molecular complexity index is 1370. The standard InChI is InChI=1S/C21H16ClN5O2S2/c1-2-27-19(16-10-12-9-13(22)7-8-15(12)29-16)25-26-21(27)30-11-18(28)24-20-23-14-5-3-4-6-17(14)31-20/h3-10H,2,11H2,1H3,(H,23,24,28). The van der Waals surface area contributed by atoms with Gasteiger partial charge < -0.3 is 9.73 Å². The molecule has 2 aromatic carbocycles. The average Bonchev–Trinajstić information content (AvgIpc) is 3.46. The summed E-state index contributed by atoms with van der Waals surface area (Å²) in [5.41, 5.74) is 1.60. The molecule has 10 heteroatoms. The molecule has 0 aliphatic rings. The second-order valence-electron chi connectivity index (χ2n) is 6.67. The zero-order valence-electron chi connectivity index (χ0n) is 16.3. The van der Waals surface area contributed by atoms with Crippen molar-refractivity contribution < 1.29 is 9.21 Å². The van der Waals surface area contributed by atoms with E-state index in [0.717, 1.165) is 21.2 Å². The van der Waals surface area contributed by atoms with Gasteiger partial charge in [0.05, 0.1) is 16.0 Å². The predicted octanol–water partition coefficient (Wildman–Crippen LogP) is 5.71. The van der Waals surface area contributed by atoms with E-state index in [4.69, 9.17) is 16.0 Å². The van der Waals surface area contributed by atoms with Gasteiger partial charge in [0.1, 0.15) is 5.58 Å². The highest BCUT2D eigenvalue weighted by Crippen LogP contribution is 2.31. The monoisotopic (exact) mass is 469 g/mol. The van der Waals surface area contributed by atoms with E-state index in [1.807, 2.05) is 54.0 Å². The van der Waals surface area contributed by atoms with E-state index in [1.165, 1.54) is 23.1 Å². The summed E-state index contributed by atoms with van der Waals surface area (Å²) in [6.07, 6.45) is 0. The molecule has 0 unspecified atom stereocenters. The molecule has 0 fully saturated rings. The fourth-order valence-corrected chi connectivity index (χ4v) is 5.06. The lowest BCUT2D eigenvalue weighted by Gasteiger charge is -2.05. The SMILES string of the molecule is CCn1c(SCC(=O)Nc2nc3ccccc3s2)nnc1-c1cc2cc(Cl)ccc2o1. The molecule has 0 atom stereocenters. The van der Waals surface area contributed by atoms with Gasteiger partial charge in [0, 0.05) is 17.0 Å². The third-order valence-corrected chi connectivity index (χ3v) is 6.76. The topological polar surface area (TPSA) is 85.8 Å². The minimum atomic E-state index is -0.144. The van der Waals surface area contributed by atoms with Crippen molar-refractivity contribution in [3.8, 4) is 11.6 Å². The summed E-state index contributed by atoms with van der Waals surface area (Å²) in [6, 6.07) is 15.1. The maximum absolute atomic E-state index is 12.4. The largest absolute Gasteiger partial charge is 0.453 e. The van der Waals surface area contributed by atoms with Crippen LogP contribution < -0.4 is 5.32 Å². The number of benzene rings is 2. The summed E-state index contributed by atoms with van der Waals surface area (Å²) >= 11 is 8.84. The van der Waals surface area contributed by atoms with E-state index in [0.29, 0.717) is 33.4 Å². The van der Waals surface area contributed by atoms with Crippen LogP contribution in [0.15, 0.2) is 58.1 Å². The molecule has 5 aromatic rings. The second kappa shape index (κ2) is 8.33. The van der Waals surface area contributed by atoms with Crippen LogP contribution in [-0.4, -0.2) is 31.4 Å². The van der Waals surface area contributed by atoms with Gasteiger partial charge in [-0.15, -0.1) is 10.2 Å². The molecule has 31 heavy (non-hydrogen) atoms. The highest BCUT2D eigenvalue weighted by atomic mass is 35.5. The number of furan rings is 1. The van der Waals surface area contributed by atoms with Crippen molar-refractivity contribution >= 4 is 66.9 Å². The lowest BCUT2D eigenvalue weighted by molar-refractivity contribution is -0.113. The second-order valence-corrected chi connectivity index (χ2v) is 9.08. The maximum atomic E-state index is 12.4. The fourth-order valence-electron chi connectivity index (χ4n) is 3.20. The van der Waals surface area contributed by atoms with Gasteiger partial charge in [-0.1, -0.05) is 46.8 Å². The van der Waals surface area contributed by atoms with Crippen LogP contribution in [0, 0.1) is 0 Å². The molecule has 3 heterocycles. The first-order valence-corrected chi connectivity index (χ1v) is 11.7. The quantitative estimate of drug-likeness (QED) is 0.321. The van der Waals surface area contributed by atoms with Crippen LogP contribution in [0.4, 0.5) is 5.13 Å². The van der Waals surface area contributed by atoms with Gasteiger partial charge >= 0.3 is 0 Å². The normalized spacial score (nSPS) is 11.4. The number of hydrogen-bond acceptors (Lipinski definition) is 7. The molecule has 156 valence electrons. The van der Waals surface area contributed by atoms with E-state index in [9.17, 15) is 4.79 Å². The Kier molecular flexibility index (Phi) is 5.39. The molecule has 3 aromatic heterocycles. The fraction of sp³-hybridized carbons (Fsp3) is 0.143. The van der Waals surface area contributed by atoms with Gasteiger partial charge in [0.25, 0.3) is 0 Å². The number of carbonyl (C=O) groups excluding carboxylic acids is 1. The summed E-state index contributed by atoms with van der Waals surface area (Å²) in [6.45, 7) is 2.64. The molecule has 1 N–H and O–H groups in total. The summed E-state index contributed by atoms with van der Waals surface area (Å²) in [5.74, 6) is 1.28. The summed E-state index contributed by atoms with van der Waals surface area (Å²) < 4.78 is 8.88. The van der Waals surface area contributed by atoms with Crippen LogP contribution in [0.5, 0.6) is 0 Å². The summed E-state index contributed by atoms with van der Waals surface area (Å²) in [4.78, 5) is 16.9. The van der Waals surface area contributed by atoms with E-state index < -0.39 is 0 Å². The zero-order valence-corrected chi connectivity index (χ0v) is 18.7. The smallest absolute Gasteiger partial charge is 0.236 e. The molecule has 7 nitrogen and oxygen atoms in total. The van der Waals surface area contributed by atoms with Crippen molar-refractivity contribution in [3.05, 3.63) is 53.6 Å². The van der Waals surface area contributed by atoms with Crippen molar-refractivity contribution in [2.45, 2.75) is 18.6 Å². The number of rotatable bonds is 6. The van der Waals surface area contributed by atoms with Crippen LogP contribution in [0.2, 0.25) is 5.02 Å². The molecule has 0 radical (unpaired) electrons. The number of nitrogens with zero attached hydrogens (tertiary/aromatic N) is 4. The van der Waals surface area contributed by atoms with Gasteiger partial charge in [0.2, 0.25) is 11.7 Å². The highest BCUT2D eigenvalue weighted by molar-refractivity contribution is 7.99. The number of nitrogens with one attached hydrogen (secondary N) is 1. The van der Waals surface area contributed by atoms with Gasteiger partial charge in [0.15, 0.2) is 16.0 Å². The Morgan fingerprint density at radius 2 is 2.10 bits per heavy atom. The molecule has 0 aliphatic carbocycles. The van der Waals surface area contributed by atoms with Crippen LogP contribution >= 0.6 is 34.7 Å². The Balaban J connectivity index is 1.31. The zero-order chi connectivity index (χ0) is 21.4.